The Labute approximate surface area is 108 Å². The minimum atomic E-state index is -4.67. The molecule has 0 saturated heterocycles. The van der Waals surface area contributed by atoms with E-state index >= 15 is 0 Å². The molecule has 0 saturated carbocycles. The van der Waals surface area contributed by atoms with E-state index in [1.165, 1.54) is 0 Å². The van der Waals surface area contributed by atoms with Gasteiger partial charge in [0.15, 0.2) is 17.4 Å². The van der Waals surface area contributed by atoms with E-state index in [-0.39, 0.29) is 70.2 Å². The summed E-state index contributed by atoms with van der Waals surface area (Å²) in [5, 5.41) is 0. The molecule has 9 heteroatoms. The van der Waals surface area contributed by atoms with Gasteiger partial charge in [-0.25, -0.2) is 0 Å². The summed E-state index contributed by atoms with van der Waals surface area (Å²) in [4.78, 5) is 0. The predicted molar refractivity (Wildman–Crippen MR) is 33.6 cm³/mol. The molecule has 0 spiro atoms. The average Bonchev–Trinajstić information content (AvgIpc) is 1.36. The number of rotatable bonds is 0. The molecule has 6 nitrogen and oxygen atoms in total. The third kappa shape index (κ3) is 164. The molecule has 0 heterocycles. The molecular weight excluding hydrogens is 190 g/mol. The molecule has 0 atom stereocenters. The van der Waals surface area contributed by atoms with Gasteiger partial charge in [0.2, 0.25) is 0 Å². The van der Waals surface area contributed by atoms with E-state index in [1.807, 2.05) is 0 Å². The summed E-state index contributed by atoms with van der Waals surface area (Å²) in [6, 6.07) is 0. The maximum atomic E-state index is 8.74. The summed E-state index contributed by atoms with van der Waals surface area (Å²) in [7, 11) is -4.67. The zero-order valence-corrected chi connectivity index (χ0v) is 8.21. The predicted octanol–water partition coefficient (Wildman–Crippen LogP) is -5.90. The zero-order chi connectivity index (χ0) is 6.50. The van der Waals surface area contributed by atoms with Crippen molar-refractivity contribution in [3.63, 3.8) is 0 Å². The molecule has 0 rings (SSSR count). The SMILES string of the molecule is NN.O=S(=O)(O)O.[AlH3].[H-].[K+]. The van der Waals surface area contributed by atoms with Crippen LogP contribution in [-0.2, 0) is 10.4 Å². The second-order valence-electron chi connectivity index (χ2n) is 0.448. The zero-order valence-electron chi connectivity index (χ0n) is 5.27. The molecule has 0 aromatic rings. The monoisotopic (exact) mass is 200 g/mol. The Hall–Kier alpha value is 1.96. The third-order valence-corrected chi connectivity index (χ3v) is 0. The summed E-state index contributed by atoms with van der Waals surface area (Å²) >= 11 is 0. The van der Waals surface area contributed by atoms with Crippen LogP contribution < -0.4 is 63.1 Å². The second kappa shape index (κ2) is 12.6. The third-order valence-electron chi connectivity index (χ3n) is 0. The normalized spacial score (nSPS) is 7.11. The number of hydrogen-bond donors (Lipinski definition) is 4. The van der Waals surface area contributed by atoms with Crippen LogP contribution in [0.2, 0.25) is 0 Å². The molecule has 0 aromatic heterocycles. The van der Waals surface area contributed by atoms with Crippen LogP contribution in [0.25, 0.3) is 0 Å². The van der Waals surface area contributed by atoms with E-state index in [2.05, 4.69) is 11.7 Å². The Morgan fingerprint density at radius 1 is 1.22 bits per heavy atom. The Kier molecular flexibility index (Phi) is 31.5. The van der Waals surface area contributed by atoms with E-state index in [0.717, 1.165) is 0 Å². The molecule has 0 aromatic carbocycles. The molecule has 0 aliphatic heterocycles. The van der Waals surface area contributed by atoms with E-state index in [0.29, 0.717) is 0 Å². The van der Waals surface area contributed by atoms with E-state index in [4.69, 9.17) is 17.5 Å². The van der Waals surface area contributed by atoms with Crippen molar-refractivity contribution < 1.29 is 70.3 Å². The van der Waals surface area contributed by atoms with Gasteiger partial charge in [0.25, 0.3) is 0 Å². The first kappa shape index (κ1) is 22.4. The van der Waals surface area contributed by atoms with Crippen LogP contribution in [0.5, 0.6) is 0 Å². The van der Waals surface area contributed by atoms with Crippen molar-refractivity contribution in [3.8, 4) is 0 Å². The van der Waals surface area contributed by atoms with Gasteiger partial charge in [-0.2, -0.15) is 8.42 Å². The Morgan fingerprint density at radius 2 is 1.22 bits per heavy atom. The largest absolute Gasteiger partial charge is 1.00 e. The summed E-state index contributed by atoms with van der Waals surface area (Å²) in [6.45, 7) is 0. The van der Waals surface area contributed by atoms with Gasteiger partial charge in [-0.1, -0.05) is 0 Å². The number of hydrazine groups is 1. The Bertz CT molecular complexity index is 106. The molecule has 0 aliphatic rings. The van der Waals surface area contributed by atoms with Crippen molar-refractivity contribution in [2.75, 3.05) is 0 Å². The molecule has 0 aliphatic carbocycles. The summed E-state index contributed by atoms with van der Waals surface area (Å²) in [6.07, 6.45) is 0. The fourth-order valence-corrected chi connectivity index (χ4v) is 0. The van der Waals surface area contributed by atoms with Gasteiger partial charge in [-0.05, 0) is 0 Å². The summed E-state index contributed by atoms with van der Waals surface area (Å²) < 4.78 is 31.6. The van der Waals surface area contributed by atoms with Crippen molar-refractivity contribution in [3.05, 3.63) is 0 Å². The standard InChI is InChI=1S/Al.K.H4N2.H2O4S.4H/c;;1-2;1-5(2,3)4;;;;/h;;1-2H2;(H2,1,2,3,4);;;;/q;+1;;;;;;-1. The first-order chi connectivity index (χ1) is 3.00. The minimum absolute atomic E-state index is 0. The second-order valence-corrected chi connectivity index (χ2v) is 1.34. The molecule has 0 amide bonds. The van der Waals surface area contributed by atoms with Crippen LogP contribution in [0, 0.1) is 0 Å². The molecule has 54 valence electrons. The summed E-state index contributed by atoms with van der Waals surface area (Å²) in [5.41, 5.74) is 0. The molecule has 0 bridgehead atoms. The van der Waals surface area contributed by atoms with Gasteiger partial charge in [0.1, 0.15) is 0 Å². The number of hydrogen-bond acceptors (Lipinski definition) is 4. The maximum Gasteiger partial charge on any atom is 1.00 e. The van der Waals surface area contributed by atoms with Crippen molar-refractivity contribution >= 4 is 27.8 Å². The Balaban J connectivity index is -0.0000000154. The first-order valence-corrected chi connectivity index (χ1v) is 2.43. The molecule has 6 N–H and O–H groups in total. The smallest absolute Gasteiger partial charge is 1.00 e. The van der Waals surface area contributed by atoms with E-state index < -0.39 is 10.4 Å². The van der Waals surface area contributed by atoms with Gasteiger partial charge in [-0.3, -0.25) is 20.8 Å². The average molecular weight is 200 g/mol. The number of nitrogens with two attached hydrogens (primary N) is 2. The van der Waals surface area contributed by atoms with Crippen LogP contribution >= 0.6 is 0 Å². The molecule has 0 fully saturated rings. The van der Waals surface area contributed by atoms with E-state index in [1.54, 1.807) is 0 Å². The van der Waals surface area contributed by atoms with Crippen LogP contribution in [0.3, 0.4) is 0 Å². The fraction of sp³-hybridized carbons (Fsp3) is 0. The molecule has 0 unspecified atom stereocenters. The van der Waals surface area contributed by atoms with Crippen molar-refractivity contribution in [1.82, 2.24) is 0 Å². The first-order valence-electron chi connectivity index (χ1n) is 1.03. The van der Waals surface area contributed by atoms with Crippen LogP contribution in [0.1, 0.15) is 1.43 Å². The van der Waals surface area contributed by atoms with Gasteiger partial charge in [0.05, 0.1) is 0 Å². The van der Waals surface area contributed by atoms with Gasteiger partial charge < -0.3 is 1.43 Å². The quantitative estimate of drug-likeness (QED) is 0.133. The van der Waals surface area contributed by atoms with Crippen molar-refractivity contribution in [1.29, 1.82) is 0 Å². The topological polar surface area (TPSA) is 127 Å². The van der Waals surface area contributed by atoms with E-state index in [9.17, 15) is 0 Å². The molecule has 0 radical (unpaired) electrons. The molecular formula is H10AlKN2O4S. The van der Waals surface area contributed by atoms with Gasteiger partial charge >= 0.3 is 61.8 Å². The minimum Gasteiger partial charge on any atom is -1.00 e. The van der Waals surface area contributed by atoms with Crippen LogP contribution in [0.4, 0.5) is 0 Å². The van der Waals surface area contributed by atoms with Gasteiger partial charge in [-0.15, -0.1) is 0 Å². The van der Waals surface area contributed by atoms with Crippen molar-refractivity contribution in [2.45, 2.75) is 0 Å². The summed E-state index contributed by atoms with van der Waals surface area (Å²) in [5.74, 6) is 8.00. The maximum absolute atomic E-state index is 8.74. The molecule has 9 heavy (non-hydrogen) atoms. The van der Waals surface area contributed by atoms with Crippen LogP contribution in [0.15, 0.2) is 0 Å². The Morgan fingerprint density at radius 3 is 1.22 bits per heavy atom. The van der Waals surface area contributed by atoms with Crippen molar-refractivity contribution in [2.24, 2.45) is 11.7 Å². The fourth-order valence-electron chi connectivity index (χ4n) is 0. The van der Waals surface area contributed by atoms with Crippen LogP contribution in [-0.4, -0.2) is 34.9 Å². The van der Waals surface area contributed by atoms with Gasteiger partial charge in [0, 0.05) is 0 Å².